The lowest BCUT2D eigenvalue weighted by molar-refractivity contribution is -0.141. The number of aromatic nitrogens is 2. The number of hydrogen-bond acceptors (Lipinski definition) is 4. The molecule has 0 amide bonds. The van der Waals surface area contributed by atoms with Gasteiger partial charge in [0.25, 0.3) is 0 Å². The number of nitrogens with zero attached hydrogens (tertiary/aromatic N) is 3. The van der Waals surface area contributed by atoms with Crippen LogP contribution in [0.5, 0.6) is 0 Å². The molecule has 2 aromatic rings. The maximum Gasteiger partial charge on any atom is 0.435 e. The van der Waals surface area contributed by atoms with E-state index in [9.17, 15) is 22.0 Å². The predicted molar refractivity (Wildman–Crippen MR) is 90.3 cm³/mol. The quantitative estimate of drug-likeness (QED) is 0.759. The summed E-state index contributed by atoms with van der Waals surface area (Å²) in [5, 5.41) is 9.59. The molecule has 146 valence electrons. The molecule has 27 heavy (non-hydrogen) atoms. The van der Waals surface area contributed by atoms with Crippen molar-refractivity contribution in [3.8, 4) is 0 Å². The van der Waals surface area contributed by atoms with Gasteiger partial charge in [-0.3, -0.25) is 4.90 Å². The first-order chi connectivity index (χ1) is 12.7. The van der Waals surface area contributed by atoms with Gasteiger partial charge in [-0.15, -0.1) is 10.2 Å². The molecule has 0 aliphatic carbocycles. The highest BCUT2D eigenvalue weighted by Gasteiger charge is 2.34. The van der Waals surface area contributed by atoms with Crippen LogP contribution in [0.15, 0.2) is 24.3 Å². The van der Waals surface area contributed by atoms with Crippen LogP contribution in [0.4, 0.5) is 27.8 Å². The fraction of sp³-hybridized carbons (Fsp3) is 0.412. The first-order valence-electron chi connectivity index (χ1n) is 8.25. The third-order valence-corrected chi connectivity index (χ3v) is 4.64. The second-order valence-electron chi connectivity index (χ2n) is 6.37. The van der Waals surface area contributed by atoms with Crippen molar-refractivity contribution in [2.45, 2.75) is 31.6 Å². The summed E-state index contributed by atoms with van der Waals surface area (Å²) in [7, 11) is 0. The SMILES string of the molecule is Fc1ccc(CN2CCC(Nc3nnc(C(F)(F)F)cc3Cl)CC2)cc1F. The fourth-order valence-corrected chi connectivity index (χ4v) is 3.13. The zero-order chi connectivity index (χ0) is 19.6. The number of hydrogen-bond donors (Lipinski definition) is 1. The lowest BCUT2D eigenvalue weighted by Gasteiger charge is -2.32. The minimum absolute atomic E-state index is 0.0188. The molecule has 1 saturated heterocycles. The highest BCUT2D eigenvalue weighted by Crippen LogP contribution is 2.31. The molecule has 0 bridgehead atoms. The molecule has 10 heteroatoms. The highest BCUT2D eigenvalue weighted by molar-refractivity contribution is 6.32. The van der Waals surface area contributed by atoms with Gasteiger partial charge in [-0.1, -0.05) is 17.7 Å². The number of piperidine rings is 1. The molecule has 1 aromatic carbocycles. The van der Waals surface area contributed by atoms with Crippen LogP contribution in [0.2, 0.25) is 5.02 Å². The topological polar surface area (TPSA) is 41.0 Å². The van der Waals surface area contributed by atoms with Gasteiger partial charge in [0.15, 0.2) is 23.1 Å². The maximum atomic E-state index is 13.3. The third-order valence-electron chi connectivity index (χ3n) is 4.36. The molecule has 2 heterocycles. The second kappa shape index (κ2) is 7.93. The Hall–Kier alpha value is -2.00. The molecule has 4 nitrogen and oxygen atoms in total. The Bertz CT molecular complexity index is 806. The van der Waals surface area contributed by atoms with Gasteiger partial charge < -0.3 is 5.32 Å². The van der Waals surface area contributed by atoms with E-state index in [2.05, 4.69) is 20.4 Å². The van der Waals surface area contributed by atoms with E-state index in [1.165, 1.54) is 6.07 Å². The summed E-state index contributed by atoms with van der Waals surface area (Å²) >= 11 is 5.88. The van der Waals surface area contributed by atoms with Gasteiger partial charge in [-0.2, -0.15) is 13.2 Å². The molecule has 0 spiro atoms. The third kappa shape index (κ3) is 5.04. The molecule has 0 radical (unpaired) electrons. The number of alkyl halides is 3. The molecule has 1 N–H and O–H groups in total. The van der Waals surface area contributed by atoms with Crippen LogP contribution in [0.3, 0.4) is 0 Å². The van der Waals surface area contributed by atoms with Gasteiger partial charge in [-0.25, -0.2) is 8.78 Å². The normalized spacial score (nSPS) is 16.5. The summed E-state index contributed by atoms with van der Waals surface area (Å²) in [6.45, 7) is 1.86. The summed E-state index contributed by atoms with van der Waals surface area (Å²) in [6.07, 6.45) is -3.20. The van der Waals surface area contributed by atoms with Crippen LogP contribution in [-0.4, -0.2) is 34.2 Å². The summed E-state index contributed by atoms with van der Waals surface area (Å²) in [6, 6.07) is 4.55. The molecule has 0 atom stereocenters. The Morgan fingerprint density at radius 3 is 2.37 bits per heavy atom. The lowest BCUT2D eigenvalue weighted by atomic mass is 10.0. The van der Waals surface area contributed by atoms with E-state index in [4.69, 9.17) is 11.6 Å². The molecule has 1 fully saturated rings. The number of rotatable bonds is 4. The van der Waals surface area contributed by atoms with Gasteiger partial charge in [0.1, 0.15) is 0 Å². The molecule has 3 rings (SSSR count). The minimum atomic E-state index is -4.60. The zero-order valence-corrected chi connectivity index (χ0v) is 14.8. The molecule has 1 aliphatic rings. The Balaban J connectivity index is 1.54. The smallest absolute Gasteiger partial charge is 0.365 e. The molecular formula is C17H16ClF5N4. The average molecular weight is 407 g/mol. The molecule has 0 unspecified atom stereocenters. The Morgan fingerprint density at radius 1 is 1.07 bits per heavy atom. The van der Waals surface area contributed by atoms with Crippen molar-refractivity contribution < 1.29 is 22.0 Å². The Labute approximate surface area is 157 Å². The van der Waals surface area contributed by atoms with Crippen LogP contribution in [0, 0.1) is 11.6 Å². The van der Waals surface area contributed by atoms with Crippen LogP contribution < -0.4 is 5.32 Å². The number of halogens is 6. The largest absolute Gasteiger partial charge is 0.435 e. The summed E-state index contributed by atoms with van der Waals surface area (Å²) in [5.74, 6) is -1.64. The van der Waals surface area contributed by atoms with Crippen molar-refractivity contribution in [1.82, 2.24) is 15.1 Å². The average Bonchev–Trinajstić information content (AvgIpc) is 2.61. The number of anilines is 1. The highest BCUT2D eigenvalue weighted by atomic mass is 35.5. The number of benzene rings is 1. The first kappa shape index (κ1) is 19.8. The van der Waals surface area contributed by atoms with E-state index in [1.807, 2.05) is 0 Å². The molecule has 0 saturated carbocycles. The number of likely N-dealkylation sites (tertiary alicyclic amines) is 1. The van der Waals surface area contributed by atoms with Gasteiger partial charge in [0, 0.05) is 25.7 Å². The maximum absolute atomic E-state index is 13.3. The Kier molecular flexibility index (Phi) is 5.81. The van der Waals surface area contributed by atoms with Crippen LogP contribution in [0.25, 0.3) is 0 Å². The van der Waals surface area contributed by atoms with Gasteiger partial charge in [-0.05, 0) is 36.6 Å². The van der Waals surface area contributed by atoms with E-state index in [0.717, 1.165) is 12.1 Å². The van der Waals surface area contributed by atoms with Crippen molar-refractivity contribution >= 4 is 17.4 Å². The van der Waals surface area contributed by atoms with E-state index >= 15 is 0 Å². The van der Waals surface area contributed by atoms with Crippen molar-refractivity contribution in [3.63, 3.8) is 0 Å². The molecular weight excluding hydrogens is 391 g/mol. The van der Waals surface area contributed by atoms with Gasteiger partial charge in [0.2, 0.25) is 0 Å². The fourth-order valence-electron chi connectivity index (χ4n) is 2.93. The predicted octanol–water partition coefficient (Wildman–Crippen LogP) is 4.50. The van der Waals surface area contributed by atoms with E-state index in [1.54, 1.807) is 6.07 Å². The van der Waals surface area contributed by atoms with Gasteiger partial charge >= 0.3 is 6.18 Å². The summed E-state index contributed by atoms with van der Waals surface area (Å²) in [4.78, 5) is 2.09. The van der Waals surface area contributed by atoms with Crippen LogP contribution in [0.1, 0.15) is 24.1 Å². The molecule has 1 aliphatic heterocycles. The lowest BCUT2D eigenvalue weighted by Crippen LogP contribution is -2.39. The monoisotopic (exact) mass is 406 g/mol. The standard InChI is InChI=1S/C17H16ClF5N4/c18-12-8-15(17(21,22)23)25-26-16(12)24-11-3-5-27(6-4-11)9-10-1-2-13(19)14(20)7-10/h1-2,7-8,11H,3-6,9H2,(H,24,26). The van der Waals surface area contributed by atoms with E-state index in [-0.39, 0.29) is 16.9 Å². The van der Waals surface area contributed by atoms with Crippen molar-refractivity contribution in [2.75, 3.05) is 18.4 Å². The Morgan fingerprint density at radius 2 is 1.78 bits per heavy atom. The van der Waals surface area contributed by atoms with E-state index < -0.39 is 23.5 Å². The van der Waals surface area contributed by atoms with Crippen molar-refractivity contribution in [1.29, 1.82) is 0 Å². The summed E-state index contributed by atoms with van der Waals surface area (Å²) in [5.41, 5.74) is -0.462. The van der Waals surface area contributed by atoms with Crippen LogP contribution in [-0.2, 0) is 12.7 Å². The van der Waals surface area contributed by atoms with Crippen molar-refractivity contribution in [2.24, 2.45) is 0 Å². The number of nitrogens with one attached hydrogen (secondary N) is 1. The summed E-state index contributed by atoms with van der Waals surface area (Å²) < 4.78 is 64.0. The van der Waals surface area contributed by atoms with E-state index in [0.29, 0.717) is 38.0 Å². The molecule has 1 aromatic heterocycles. The zero-order valence-electron chi connectivity index (χ0n) is 14.0. The van der Waals surface area contributed by atoms with Crippen molar-refractivity contribution in [3.05, 3.63) is 52.2 Å². The van der Waals surface area contributed by atoms with Gasteiger partial charge in [0.05, 0.1) is 5.02 Å². The second-order valence-corrected chi connectivity index (χ2v) is 6.77. The van der Waals surface area contributed by atoms with Crippen LogP contribution >= 0.6 is 11.6 Å². The first-order valence-corrected chi connectivity index (χ1v) is 8.63. The minimum Gasteiger partial charge on any atom is -0.365 e.